The van der Waals surface area contributed by atoms with Crippen LogP contribution in [0.3, 0.4) is 0 Å². The third kappa shape index (κ3) is 6.21. The fourth-order valence-corrected chi connectivity index (χ4v) is 4.71. The predicted molar refractivity (Wildman–Crippen MR) is 138 cm³/mol. The molecule has 4 heterocycles. The van der Waals surface area contributed by atoms with Crippen molar-refractivity contribution in [2.24, 2.45) is 10.9 Å². The van der Waals surface area contributed by atoms with Gasteiger partial charge in [0.15, 0.2) is 0 Å². The summed E-state index contributed by atoms with van der Waals surface area (Å²) in [6.45, 7) is 2.43. The molecule has 182 valence electrons. The van der Waals surface area contributed by atoms with Gasteiger partial charge < -0.3 is 20.1 Å². The zero-order valence-corrected chi connectivity index (χ0v) is 20.3. The summed E-state index contributed by atoms with van der Waals surface area (Å²) < 4.78 is 12.1. The minimum Gasteiger partial charge on any atom is -0.454 e. The second-order valence-corrected chi connectivity index (χ2v) is 9.60. The second kappa shape index (κ2) is 10.9. The monoisotopic (exact) mass is 492 g/mol. The third-order valence-corrected chi connectivity index (χ3v) is 6.84. The molecule has 0 radical (unpaired) electrons. The first kappa shape index (κ1) is 23.4. The van der Waals surface area contributed by atoms with Gasteiger partial charge >= 0.3 is 6.03 Å². The van der Waals surface area contributed by atoms with E-state index in [1.807, 2.05) is 12.3 Å². The molecule has 3 N–H and O–H groups in total. The number of aliphatic imine (C=N–C) groups is 1. The van der Waals surface area contributed by atoms with Gasteiger partial charge in [0.2, 0.25) is 0 Å². The summed E-state index contributed by atoms with van der Waals surface area (Å²) in [5.74, 6) is 2.15. The first-order valence-electron chi connectivity index (χ1n) is 11.7. The Morgan fingerprint density at radius 2 is 2.14 bits per heavy atom. The van der Waals surface area contributed by atoms with Crippen LogP contribution in [0.4, 0.5) is 10.6 Å². The zero-order chi connectivity index (χ0) is 24.0. The standard InChI is InChI=1S/C25H28N6O3S/c1-33-11-10-26-13-16-2-6-19(28-14-16)22-12-20-24(35-22)21(8-9-27-20)34-18-5-7-23(29-15-18)31-25(32)30-17-3-4-17/h5-9,12,14-17,26H,2-4,10-11,13H2,1H3,(H2,29,30,31,32). The van der Waals surface area contributed by atoms with Gasteiger partial charge in [-0.05, 0) is 37.5 Å². The van der Waals surface area contributed by atoms with Crippen molar-refractivity contribution in [1.29, 1.82) is 0 Å². The first-order valence-corrected chi connectivity index (χ1v) is 12.5. The summed E-state index contributed by atoms with van der Waals surface area (Å²) in [6, 6.07) is 7.47. The summed E-state index contributed by atoms with van der Waals surface area (Å²) in [5, 5.41) is 9.00. The van der Waals surface area contributed by atoms with Gasteiger partial charge in [0.1, 0.15) is 17.3 Å². The number of thiophene rings is 1. The van der Waals surface area contributed by atoms with Crippen LogP contribution in [0.2, 0.25) is 0 Å². The number of carbonyl (C=O) groups excluding carboxylic acids is 1. The number of hydrogen-bond acceptors (Lipinski definition) is 8. The number of fused-ring (bicyclic) bond motifs is 1. The normalized spacial score (nSPS) is 17.3. The van der Waals surface area contributed by atoms with Crippen molar-refractivity contribution in [3.63, 3.8) is 0 Å². The van der Waals surface area contributed by atoms with E-state index in [2.05, 4.69) is 38.1 Å². The van der Waals surface area contributed by atoms with Crippen LogP contribution in [0.1, 0.15) is 24.1 Å². The molecule has 10 heteroatoms. The number of allylic oxidation sites excluding steroid dienone is 1. The highest BCUT2D eigenvalue weighted by Gasteiger charge is 2.23. The molecule has 0 bridgehead atoms. The van der Waals surface area contributed by atoms with Crippen LogP contribution in [-0.2, 0) is 4.74 Å². The molecule has 1 fully saturated rings. The molecule has 3 aromatic rings. The average Bonchev–Trinajstić information content (AvgIpc) is 3.57. The highest BCUT2D eigenvalue weighted by molar-refractivity contribution is 7.20. The summed E-state index contributed by atoms with van der Waals surface area (Å²) in [7, 11) is 1.71. The number of pyridine rings is 2. The van der Waals surface area contributed by atoms with Crippen molar-refractivity contribution in [3.8, 4) is 11.5 Å². The summed E-state index contributed by atoms with van der Waals surface area (Å²) in [6.07, 6.45) is 10.6. The lowest BCUT2D eigenvalue weighted by Crippen LogP contribution is -2.30. The number of hydrogen-bond donors (Lipinski definition) is 3. The number of anilines is 1. The maximum absolute atomic E-state index is 11.9. The highest BCUT2D eigenvalue weighted by atomic mass is 32.1. The Hall–Kier alpha value is -3.34. The van der Waals surface area contributed by atoms with Gasteiger partial charge in [-0.3, -0.25) is 15.3 Å². The SMILES string of the molecule is COCCNCC1C=NC(c2cc3nccc(Oc4ccc(NC(=O)NC5CC5)nc4)c3s2)=CC1. The molecular weight excluding hydrogens is 464 g/mol. The maximum Gasteiger partial charge on any atom is 0.320 e. The topological polar surface area (TPSA) is 110 Å². The lowest BCUT2D eigenvalue weighted by Gasteiger charge is -2.15. The Kier molecular flexibility index (Phi) is 7.31. The fraction of sp³-hybridized carbons (Fsp3) is 0.360. The minimum atomic E-state index is -0.232. The number of carbonyl (C=O) groups is 1. The van der Waals surface area contributed by atoms with E-state index in [4.69, 9.17) is 14.5 Å². The predicted octanol–water partition coefficient (Wildman–Crippen LogP) is 4.44. The Morgan fingerprint density at radius 3 is 2.89 bits per heavy atom. The van der Waals surface area contributed by atoms with Crippen molar-refractivity contribution >= 4 is 45.3 Å². The number of ether oxygens (including phenoxy) is 2. The number of amides is 2. The quantitative estimate of drug-likeness (QED) is 0.361. The average molecular weight is 493 g/mol. The van der Waals surface area contributed by atoms with E-state index in [-0.39, 0.29) is 6.03 Å². The van der Waals surface area contributed by atoms with Crippen LogP contribution < -0.4 is 20.7 Å². The number of nitrogens with one attached hydrogen (secondary N) is 3. The molecular formula is C25H28N6O3S. The molecule has 2 aliphatic rings. The number of urea groups is 1. The smallest absolute Gasteiger partial charge is 0.320 e. The zero-order valence-electron chi connectivity index (χ0n) is 19.5. The summed E-state index contributed by atoms with van der Waals surface area (Å²) >= 11 is 1.61. The van der Waals surface area contributed by atoms with Crippen LogP contribution >= 0.6 is 11.3 Å². The third-order valence-electron chi connectivity index (χ3n) is 5.67. The van der Waals surface area contributed by atoms with Crippen LogP contribution in [0.25, 0.3) is 15.9 Å². The molecule has 35 heavy (non-hydrogen) atoms. The van der Waals surface area contributed by atoms with Crippen molar-refractivity contribution in [2.75, 3.05) is 32.1 Å². The van der Waals surface area contributed by atoms with E-state index in [1.165, 1.54) is 0 Å². The van der Waals surface area contributed by atoms with Crippen LogP contribution in [-0.4, -0.2) is 55.1 Å². The molecule has 0 saturated heterocycles. The molecule has 1 saturated carbocycles. The molecule has 1 aliphatic carbocycles. The molecule has 3 aromatic heterocycles. The van der Waals surface area contributed by atoms with E-state index < -0.39 is 0 Å². The van der Waals surface area contributed by atoms with Crippen LogP contribution in [0.15, 0.2) is 47.7 Å². The molecule has 5 rings (SSSR count). The van der Waals surface area contributed by atoms with E-state index in [0.717, 1.165) is 53.1 Å². The summed E-state index contributed by atoms with van der Waals surface area (Å²) in [5.41, 5.74) is 1.83. The van der Waals surface area contributed by atoms with Gasteiger partial charge in [0.25, 0.3) is 0 Å². The van der Waals surface area contributed by atoms with Gasteiger partial charge in [0, 0.05) is 50.6 Å². The van der Waals surface area contributed by atoms with Crippen molar-refractivity contribution in [1.82, 2.24) is 20.6 Å². The highest BCUT2D eigenvalue weighted by Crippen LogP contribution is 2.38. The van der Waals surface area contributed by atoms with Crippen LogP contribution in [0, 0.1) is 5.92 Å². The van der Waals surface area contributed by atoms with E-state index in [1.54, 1.807) is 43.0 Å². The lowest BCUT2D eigenvalue weighted by molar-refractivity contribution is 0.199. The van der Waals surface area contributed by atoms with Crippen LogP contribution in [0.5, 0.6) is 11.5 Å². The van der Waals surface area contributed by atoms with Gasteiger partial charge in [-0.1, -0.05) is 6.08 Å². The largest absolute Gasteiger partial charge is 0.454 e. The molecule has 0 aromatic carbocycles. The van der Waals surface area contributed by atoms with Gasteiger partial charge in [-0.2, -0.15) is 0 Å². The van der Waals surface area contributed by atoms with E-state index in [9.17, 15) is 4.79 Å². The molecule has 1 atom stereocenters. The maximum atomic E-state index is 11.9. The van der Waals surface area contributed by atoms with Gasteiger partial charge in [-0.25, -0.2) is 9.78 Å². The Morgan fingerprint density at radius 1 is 1.23 bits per heavy atom. The first-order chi connectivity index (χ1) is 17.2. The van der Waals surface area contributed by atoms with Crippen molar-refractivity contribution in [3.05, 3.63) is 47.6 Å². The molecule has 9 nitrogen and oxygen atoms in total. The lowest BCUT2D eigenvalue weighted by atomic mass is 10.0. The minimum absolute atomic E-state index is 0.232. The number of rotatable bonds is 10. The van der Waals surface area contributed by atoms with Crippen molar-refractivity contribution < 1.29 is 14.3 Å². The number of methoxy groups -OCH3 is 1. The summed E-state index contributed by atoms with van der Waals surface area (Å²) in [4.78, 5) is 26.4. The van der Waals surface area contributed by atoms with E-state index in [0.29, 0.717) is 35.9 Å². The van der Waals surface area contributed by atoms with Gasteiger partial charge in [-0.15, -0.1) is 11.3 Å². The molecule has 1 unspecified atom stereocenters. The second-order valence-electron chi connectivity index (χ2n) is 8.55. The fourth-order valence-electron chi connectivity index (χ4n) is 3.65. The Bertz CT molecular complexity index is 1240. The molecule has 2 amide bonds. The molecule has 0 spiro atoms. The van der Waals surface area contributed by atoms with Crippen molar-refractivity contribution in [2.45, 2.75) is 25.3 Å². The number of aromatic nitrogens is 2. The Labute approximate surface area is 207 Å². The van der Waals surface area contributed by atoms with Gasteiger partial charge in [0.05, 0.1) is 33.6 Å². The Balaban J connectivity index is 1.22. The molecule has 1 aliphatic heterocycles. The number of nitrogens with zero attached hydrogens (tertiary/aromatic N) is 3. The van der Waals surface area contributed by atoms with E-state index >= 15 is 0 Å².